The number of aryl methyl sites for hydroxylation is 1. The van der Waals surface area contributed by atoms with Gasteiger partial charge >= 0.3 is 0 Å². The fourth-order valence-corrected chi connectivity index (χ4v) is 2.62. The number of rotatable bonds is 2. The number of hydrogen-bond donors (Lipinski definition) is 2. The van der Waals surface area contributed by atoms with Crippen LogP contribution in [-0.2, 0) is 0 Å². The fourth-order valence-electron chi connectivity index (χ4n) is 2.28. The quantitative estimate of drug-likeness (QED) is 0.553. The number of hydrogen-bond acceptors (Lipinski definition) is 4. The van der Waals surface area contributed by atoms with Crippen molar-refractivity contribution in [1.29, 1.82) is 0 Å². The average molecular weight is 272 g/mol. The second-order valence-electron chi connectivity index (χ2n) is 4.27. The zero-order valence-corrected chi connectivity index (χ0v) is 11.3. The van der Waals surface area contributed by atoms with Crippen LogP contribution in [0.5, 0.6) is 0 Å². The summed E-state index contributed by atoms with van der Waals surface area (Å²) >= 11 is 1.48. The zero-order chi connectivity index (χ0) is 13.6. The van der Waals surface area contributed by atoms with Gasteiger partial charge in [-0.25, -0.2) is 9.97 Å². The maximum absolute atomic E-state index is 11.5. The summed E-state index contributed by atoms with van der Waals surface area (Å²) in [6.45, 7) is 1.84. The molecule has 96 valence electrons. The predicted octanol–water partition coefficient (Wildman–Crippen LogP) is 2.24. The maximum Gasteiger partial charge on any atom is 0.251 e. The van der Waals surface area contributed by atoms with Crippen molar-refractivity contribution in [2.45, 2.75) is 12.1 Å². The molecular weight excluding hydrogens is 260 g/mol. The lowest BCUT2D eigenvalue weighted by molar-refractivity contribution is 0.100. The van der Waals surface area contributed by atoms with Crippen LogP contribution < -0.4 is 5.73 Å². The van der Waals surface area contributed by atoms with Crippen molar-refractivity contribution >= 4 is 39.5 Å². The number of aromatic amines is 1. The Labute approximate surface area is 113 Å². The second-order valence-corrected chi connectivity index (χ2v) is 5.05. The van der Waals surface area contributed by atoms with Crippen LogP contribution in [0.3, 0.4) is 0 Å². The Morgan fingerprint density at radius 1 is 1.42 bits per heavy atom. The van der Waals surface area contributed by atoms with Crippen molar-refractivity contribution in [3.8, 4) is 0 Å². The molecule has 0 saturated carbocycles. The van der Waals surface area contributed by atoms with Gasteiger partial charge in [-0.3, -0.25) is 4.79 Å². The summed E-state index contributed by atoms with van der Waals surface area (Å²) in [4.78, 5) is 23.5. The highest BCUT2D eigenvalue weighted by molar-refractivity contribution is 7.98. The molecule has 0 fully saturated rings. The molecule has 5 nitrogen and oxygen atoms in total. The van der Waals surface area contributed by atoms with Crippen molar-refractivity contribution in [3.05, 3.63) is 29.6 Å². The Balaban J connectivity index is 2.46. The Morgan fingerprint density at radius 3 is 2.89 bits per heavy atom. The number of aromatic nitrogens is 3. The first-order valence-corrected chi connectivity index (χ1v) is 6.96. The molecule has 2 heterocycles. The van der Waals surface area contributed by atoms with Gasteiger partial charge in [-0.15, -0.1) is 0 Å². The number of carbonyl (C=O) groups is 1. The highest BCUT2D eigenvalue weighted by Crippen LogP contribution is 2.28. The lowest BCUT2D eigenvalue weighted by atomic mass is 10.1. The number of nitrogens with one attached hydrogen (secondary N) is 1. The zero-order valence-electron chi connectivity index (χ0n) is 10.5. The van der Waals surface area contributed by atoms with Crippen LogP contribution in [0.1, 0.15) is 16.1 Å². The highest BCUT2D eigenvalue weighted by atomic mass is 32.2. The van der Waals surface area contributed by atoms with E-state index in [1.165, 1.54) is 11.8 Å². The first kappa shape index (κ1) is 12.0. The number of nitrogens with two attached hydrogens (primary N) is 1. The predicted molar refractivity (Wildman–Crippen MR) is 76.4 cm³/mol. The van der Waals surface area contributed by atoms with E-state index in [1.54, 1.807) is 6.20 Å². The van der Waals surface area contributed by atoms with E-state index in [9.17, 15) is 4.79 Å². The minimum absolute atomic E-state index is 0.428. The molecule has 0 aliphatic rings. The summed E-state index contributed by atoms with van der Waals surface area (Å²) in [5.74, 6) is -0.428. The van der Waals surface area contributed by atoms with Crippen LogP contribution in [0.2, 0.25) is 0 Å². The van der Waals surface area contributed by atoms with Crippen molar-refractivity contribution in [2.75, 3.05) is 6.26 Å². The van der Waals surface area contributed by atoms with E-state index in [1.807, 2.05) is 25.3 Å². The topological polar surface area (TPSA) is 84.7 Å². The summed E-state index contributed by atoms with van der Waals surface area (Å²) in [5.41, 5.74) is 8.37. The molecule has 1 amide bonds. The molecule has 0 spiro atoms. The van der Waals surface area contributed by atoms with E-state index >= 15 is 0 Å². The fraction of sp³-hybridized carbons (Fsp3) is 0.154. The number of amides is 1. The van der Waals surface area contributed by atoms with Crippen LogP contribution in [0, 0.1) is 6.92 Å². The summed E-state index contributed by atoms with van der Waals surface area (Å²) < 4.78 is 0. The summed E-state index contributed by atoms with van der Waals surface area (Å²) in [5, 5.41) is 2.44. The number of nitrogens with zero attached hydrogens (tertiary/aromatic N) is 2. The molecule has 0 unspecified atom stereocenters. The van der Waals surface area contributed by atoms with Crippen LogP contribution in [0.25, 0.3) is 21.8 Å². The van der Waals surface area contributed by atoms with E-state index in [2.05, 4.69) is 15.0 Å². The summed E-state index contributed by atoms with van der Waals surface area (Å²) in [6, 6.07) is 3.78. The van der Waals surface area contributed by atoms with Crippen LogP contribution in [0.4, 0.5) is 0 Å². The van der Waals surface area contributed by atoms with Gasteiger partial charge in [-0.05, 0) is 13.2 Å². The molecule has 19 heavy (non-hydrogen) atoms. The molecule has 0 atom stereocenters. The van der Waals surface area contributed by atoms with Crippen molar-refractivity contribution in [2.24, 2.45) is 5.73 Å². The summed E-state index contributed by atoms with van der Waals surface area (Å²) in [7, 11) is 0. The van der Waals surface area contributed by atoms with Gasteiger partial charge in [0.15, 0.2) is 5.16 Å². The van der Waals surface area contributed by atoms with Crippen LogP contribution in [0.15, 0.2) is 23.5 Å². The van der Waals surface area contributed by atoms with Gasteiger partial charge in [-0.1, -0.05) is 23.9 Å². The lowest BCUT2D eigenvalue weighted by Crippen LogP contribution is -2.11. The molecular formula is C13H12N4OS. The van der Waals surface area contributed by atoms with E-state index in [-0.39, 0.29) is 0 Å². The van der Waals surface area contributed by atoms with Gasteiger partial charge in [0.2, 0.25) is 0 Å². The smallest absolute Gasteiger partial charge is 0.251 e. The molecule has 3 aromatic rings. The number of carbonyl (C=O) groups excluding carboxylic acids is 1. The number of H-pyrrole nitrogens is 1. The Morgan fingerprint density at radius 2 is 2.21 bits per heavy atom. The molecule has 3 rings (SSSR count). The molecule has 6 heteroatoms. The first-order chi connectivity index (χ1) is 9.11. The molecule has 3 N–H and O–H groups in total. The van der Waals surface area contributed by atoms with E-state index < -0.39 is 5.91 Å². The standard InChI is InChI=1S/C13H12N4OS/c1-6-9(12(14)18)8-4-3-7-5-15-13(19-2)17-10(7)11(8)16-6/h3-5,16H,1-2H3,(H2,14,18). The number of benzene rings is 1. The third-order valence-electron chi connectivity index (χ3n) is 3.12. The third kappa shape index (κ3) is 1.76. The molecule has 0 aliphatic carbocycles. The summed E-state index contributed by atoms with van der Waals surface area (Å²) in [6.07, 6.45) is 3.71. The Kier molecular flexibility index (Phi) is 2.67. The van der Waals surface area contributed by atoms with E-state index in [0.29, 0.717) is 10.7 Å². The molecule has 0 aliphatic heterocycles. The monoisotopic (exact) mass is 272 g/mol. The first-order valence-electron chi connectivity index (χ1n) is 5.73. The minimum Gasteiger partial charge on any atom is -0.366 e. The lowest BCUT2D eigenvalue weighted by Gasteiger charge is -2.01. The largest absolute Gasteiger partial charge is 0.366 e. The molecule has 1 aromatic carbocycles. The van der Waals surface area contributed by atoms with E-state index in [4.69, 9.17) is 5.73 Å². The van der Waals surface area contributed by atoms with Crippen molar-refractivity contribution < 1.29 is 4.79 Å². The molecule has 2 aromatic heterocycles. The Bertz CT molecular complexity index is 809. The minimum atomic E-state index is -0.428. The van der Waals surface area contributed by atoms with Gasteiger partial charge < -0.3 is 10.7 Å². The molecule has 0 bridgehead atoms. The highest BCUT2D eigenvalue weighted by Gasteiger charge is 2.15. The Hall–Kier alpha value is -2.08. The van der Waals surface area contributed by atoms with Gasteiger partial charge in [-0.2, -0.15) is 0 Å². The number of primary amides is 1. The van der Waals surface area contributed by atoms with Crippen molar-refractivity contribution in [3.63, 3.8) is 0 Å². The second kappa shape index (κ2) is 4.24. The maximum atomic E-state index is 11.5. The molecule has 0 saturated heterocycles. The van der Waals surface area contributed by atoms with Gasteiger partial charge in [0.1, 0.15) is 0 Å². The van der Waals surface area contributed by atoms with Gasteiger partial charge in [0.25, 0.3) is 5.91 Å². The number of thioether (sulfide) groups is 1. The number of fused-ring (bicyclic) bond motifs is 3. The van der Waals surface area contributed by atoms with E-state index in [0.717, 1.165) is 27.5 Å². The normalized spacial score (nSPS) is 11.3. The van der Waals surface area contributed by atoms with Gasteiger partial charge in [0, 0.05) is 22.7 Å². The third-order valence-corrected chi connectivity index (χ3v) is 3.68. The van der Waals surface area contributed by atoms with Crippen LogP contribution in [-0.4, -0.2) is 27.1 Å². The van der Waals surface area contributed by atoms with Crippen molar-refractivity contribution in [1.82, 2.24) is 15.0 Å². The SMILES string of the molecule is CSc1ncc2ccc3c(C(N)=O)c(C)[nH]c3c2n1. The van der Waals surface area contributed by atoms with Crippen LogP contribution >= 0.6 is 11.8 Å². The van der Waals surface area contributed by atoms with Gasteiger partial charge in [0.05, 0.1) is 16.6 Å². The molecule has 0 radical (unpaired) electrons. The average Bonchev–Trinajstić information content (AvgIpc) is 2.74.